The molecule has 62 valence electrons. The van der Waals surface area contributed by atoms with E-state index < -0.39 is 0 Å². The normalized spacial score (nSPS) is 10.9. The van der Waals surface area contributed by atoms with Crippen LogP contribution in [-0.4, -0.2) is 10.3 Å². The van der Waals surface area contributed by atoms with Gasteiger partial charge < -0.3 is 9.63 Å². The quantitative estimate of drug-likeness (QED) is 0.717. The predicted octanol–water partition coefficient (Wildman–Crippen LogP) is 1.37. The summed E-state index contributed by atoms with van der Waals surface area (Å²) in [6.07, 6.45) is 0.906. The van der Waals surface area contributed by atoms with E-state index >= 15 is 0 Å². The molecule has 3 heteroatoms. The summed E-state index contributed by atoms with van der Waals surface area (Å²) in [5.74, 6) is 1.12. The number of rotatable bonds is 3. The van der Waals surface area contributed by atoms with Crippen LogP contribution >= 0.6 is 0 Å². The highest BCUT2D eigenvalue weighted by Crippen LogP contribution is 2.08. The molecule has 0 fully saturated rings. The van der Waals surface area contributed by atoms with Gasteiger partial charge in [-0.15, -0.1) is 0 Å². The second-order valence-electron chi connectivity index (χ2n) is 3.04. The average Bonchev–Trinajstić information content (AvgIpc) is 2.34. The minimum Gasteiger partial charge on any atom is -0.388 e. The fraction of sp³-hybridized carbons (Fsp3) is 0.625. The van der Waals surface area contributed by atoms with Gasteiger partial charge in [-0.05, 0) is 12.3 Å². The van der Waals surface area contributed by atoms with E-state index in [2.05, 4.69) is 19.0 Å². The molecule has 0 atom stereocenters. The summed E-state index contributed by atoms with van der Waals surface area (Å²) < 4.78 is 4.81. The summed E-state index contributed by atoms with van der Waals surface area (Å²) in [5, 5.41) is 12.4. The number of aliphatic hydroxyl groups is 1. The van der Waals surface area contributed by atoms with Crippen LogP contribution in [0.2, 0.25) is 0 Å². The Balaban J connectivity index is 2.58. The summed E-state index contributed by atoms with van der Waals surface area (Å²) in [5.41, 5.74) is 0.920. The Labute approximate surface area is 66.0 Å². The molecule has 1 aromatic rings. The summed E-state index contributed by atoms with van der Waals surface area (Å²) >= 11 is 0. The van der Waals surface area contributed by atoms with Crippen LogP contribution in [0.15, 0.2) is 10.6 Å². The molecule has 3 nitrogen and oxygen atoms in total. The molecule has 0 amide bonds. The van der Waals surface area contributed by atoms with Gasteiger partial charge in [-0.3, -0.25) is 0 Å². The lowest BCUT2D eigenvalue weighted by Gasteiger charge is -1.96. The highest BCUT2D eigenvalue weighted by molar-refractivity contribution is 5.04. The van der Waals surface area contributed by atoms with E-state index in [0.717, 1.165) is 12.1 Å². The molecule has 0 aliphatic heterocycles. The topological polar surface area (TPSA) is 46.3 Å². The maximum Gasteiger partial charge on any atom is 0.162 e. The summed E-state index contributed by atoms with van der Waals surface area (Å²) in [7, 11) is 0. The first-order valence-corrected chi connectivity index (χ1v) is 3.77. The number of hydrogen-bond acceptors (Lipinski definition) is 3. The molecule has 0 radical (unpaired) electrons. The Kier molecular flexibility index (Phi) is 2.65. The molecule has 1 heterocycles. The largest absolute Gasteiger partial charge is 0.388 e. The van der Waals surface area contributed by atoms with Crippen molar-refractivity contribution in [2.75, 3.05) is 0 Å². The lowest BCUT2D eigenvalue weighted by molar-refractivity contribution is 0.228. The van der Waals surface area contributed by atoms with Gasteiger partial charge in [-0.2, -0.15) is 0 Å². The Morgan fingerprint density at radius 2 is 2.36 bits per heavy atom. The monoisotopic (exact) mass is 155 g/mol. The Hall–Kier alpha value is -0.830. The molecule has 0 aliphatic carbocycles. The van der Waals surface area contributed by atoms with Crippen LogP contribution in [0.4, 0.5) is 0 Å². The van der Waals surface area contributed by atoms with Crippen molar-refractivity contribution in [3.63, 3.8) is 0 Å². The van der Waals surface area contributed by atoms with Crippen LogP contribution in [0.1, 0.15) is 25.3 Å². The predicted molar refractivity (Wildman–Crippen MR) is 41.0 cm³/mol. The van der Waals surface area contributed by atoms with Crippen molar-refractivity contribution in [3.05, 3.63) is 17.5 Å². The number of nitrogens with zero attached hydrogens (tertiary/aromatic N) is 1. The zero-order valence-corrected chi connectivity index (χ0v) is 6.87. The smallest absolute Gasteiger partial charge is 0.162 e. The van der Waals surface area contributed by atoms with Crippen LogP contribution in [0.25, 0.3) is 0 Å². The SMILES string of the molecule is CC(C)Cc1cc(CO)on1. The molecular formula is C8H13NO2. The van der Waals surface area contributed by atoms with Crippen molar-refractivity contribution in [1.82, 2.24) is 5.16 Å². The van der Waals surface area contributed by atoms with E-state index in [9.17, 15) is 0 Å². The third kappa shape index (κ3) is 2.35. The molecule has 11 heavy (non-hydrogen) atoms. The number of aliphatic hydroxyl groups excluding tert-OH is 1. The first-order valence-electron chi connectivity index (χ1n) is 3.77. The van der Waals surface area contributed by atoms with Crippen LogP contribution in [0, 0.1) is 5.92 Å². The lowest BCUT2D eigenvalue weighted by atomic mass is 10.1. The molecule has 0 spiro atoms. The van der Waals surface area contributed by atoms with E-state index in [1.165, 1.54) is 0 Å². The van der Waals surface area contributed by atoms with Gasteiger partial charge in [-0.1, -0.05) is 19.0 Å². The van der Waals surface area contributed by atoms with Gasteiger partial charge in [0.05, 0.1) is 5.69 Å². The maximum atomic E-state index is 8.65. The molecular weight excluding hydrogens is 142 g/mol. The zero-order chi connectivity index (χ0) is 8.27. The standard InChI is InChI=1S/C8H13NO2/c1-6(2)3-7-4-8(5-10)11-9-7/h4,6,10H,3,5H2,1-2H3. The Morgan fingerprint density at radius 3 is 2.82 bits per heavy atom. The zero-order valence-electron chi connectivity index (χ0n) is 6.87. The van der Waals surface area contributed by atoms with Crippen molar-refractivity contribution in [2.24, 2.45) is 5.92 Å². The average molecular weight is 155 g/mol. The van der Waals surface area contributed by atoms with Crippen LogP contribution in [0.3, 0.4) is 0 Å². The molecule has 1 rings (SSSR count). The van der Waals surface area contributed by atoms with Gasteiger partial charge in [-0.25, -0.2) is 0 Å². The first-order chi connectivity index (χ1) is 5.22. The van der Waals surface area contributed by atoms with Crippen molar-refractivity contribution >= 4 is 0 Å². The minimum absolute atomic E-state index is 0.0644. The number of hydrogen-bond donors (Lipinski definition) is 1. The van der Waals surface area contributed by atoms with Gasteiger partial charge in [0.1, 0.15) is 6.61 Å². The molecule has 1 aromatic heterocycles. The van der Waals surface area contributed by atoms with E-state index in [-0.39, 0.29) is 6.61 Å². The van der Waals surface area contributed by atoms with Gasteiger partial charge in [0.15, 0.2) is 5.76 Å². The van der Waals surface area contributed by atoms with Crippen molar-refractivity contribution in [3.8, 4) is 0 Å². The van der Waals surface area contributed by atoms with Gasteiger partial charge in [0.25, 0.3) is 0 Å². The fourth-order valence-corrected chi connectivity index (χ4v) is 0.945. The van der Waals surface area contributed by atoms with Crippen molar-refractivity contribution < 1.29 is 9.63 Å². The Bertz CT molecular complexity index is 218. The molecule has 1 N–H and O–H groups in total. The van der Waals surface area contributed by atoms with Crippen LogP contribution in [-0.2, 0) is 13.0 Å². The lowest BCUT2D eigenvalue weighted by Crippen LogP contribution is -1.93. The van der Waals surface area contributed by atoms with Crippen LogP contribution in [0.5, 0.6) is 0 Å². The van der Waals surface area contributed by atoms with E-state index in [4.69, 9.17) is 9.63 Å². The second kappa shape index (κ2) is 3.53. The van der Waals surface area contributed by atoms with Crippen molar-refractivity contribution in [2.45, 2.75) is 26.9 Å². The summed E-state index contributed by atoms with van der Waals surface area (Å²) in [6, 6.07) is 1.79. The summed E-state index contributed by atoms with van der Waals surface area (Å²) in [4.78, 5) is 0. The molecule has 0 bridgehead atoms. The van der Waals surface area contributed by atoms with Gasteiger partial charge >= 0.3 is 0 Å². The Morgan fingerprint density at radius 1 is 1.64 bits per heavy atom. The summed E-state index contributed by atoms with van der Waals surface area (Å²) in [6.45, 7) is 4.17. The third-order valence-electron chi connectivity index (χ3n) is 1.38. The number of aromatic nitrogens is 1. The first kappa shape index (κ1) is 8.27. The molecule has 0 saturated heterocycles. The maximum absolute atomic E-state index is 8.65. The molecule has 0 unspecified atom stereocenters. The highest BCUT2D eigenvalue weighted by Gasteiger charge is 2.04. The molecule has 0 saturated carbocycles. The fourth-order valence-electron chi connectivity index (χ4n) is 0.945. The van der Waals surface area contributed by atoms with Gasteiger partial charge in [0, 0.05) is 6.07 Å². The molecule has 0 aromatic carbocycles. The van der Waals surface area contributed by atoms with E-state index in [0.29, 0.717) is 11.7 Å². The van der Waals surface area contributed by atoms with Crippen LogP contribution < -0.4 is 0 Å². The van der Waals surface area contributed by atoms with E-state index in [1.807, 2.05) is 0 Å². The third-order valence-corrected chi connectivity index (χ3v) is 1.38. The minimum atomic E-state index is -0.0644. The molecule has 0 aliphatic rings. The second-order valence-corrected chi connectivity index (χ2v) is 3.04. The van der Waals surface area contributed by atoms with E-state index in [1.54, 1.807) is 6.07 Å². The van der Waals surface area contributed by atoms with Gasteiger partial charge in [0.2, 0.25) is 0 Å². The van der Waals surface area contributed by atoms with Crippen molar-refractivity contribution in [1.29, 1.82) is 0 Å². The highest BCUT2D eigenvalue weighted by atomic mass is 16.5.